The highest BCUT2D eigenvalue weighted by Gasteiger charge is 2.25. The molecule has 2 aromatic rings. The van der Waals surface area contributed by atoms with Crippen LogP contribution < -0.4 is 5.73 Å². The maximum absolute atomic E-state index is 12.2. The number of allylic oxidation sites excluding steroid dienone is 1. The third-order valence-corrected chi connectivity index (χ3v) is 3.10. The van der Waals surface area contributed by atoms with Gasteiger partial charge in [0.1, 0.15) is 0 Å². The van der Waals surface area contributed by atoms with Gasteiger partial charge in [-0.25, -0.2) is 0 Å². The van der Waals surface area contributed by atoms with Crippen LogP contribution in [0.2, 0.25) is 0 Å². The minimum Gasteiger partial charge on any atom is -0.399 e. The number of hydrogen-bond acceptors (Lipinski definition) is 2. The Morgan fingerprint density at radius 3 is 2.29 bits per heavy atom. The lowest BCUT2D eigenvalue weighted by molar-refractivity contribution is 0.105. The summed E-state index contributed by atoms with van der Waals surface area (Å²) in [5.41, 5.74) is 10.4. The molecular formula is C15H11NO. The topological polar surface area (TPSA) is 43.1 Å². The van der Waals surface area contributed by atoms with Crippen LogP contribution >= 0.6 is 0 Å². The van der Waals surface area contributed by atoms with Crippen molar-refractivity contribution < 1.29 is 4.79 Å². The molecule has 0 unspecified atom stereocenters. The molecule has 0 saturated heterocycles. The molecule has 82 valence electrons. The van der Waals surface area contributed by atoms with Crippen LogP contribution in [0.25, 0.3) is 16.7 Å². The molecule has 0 atom stereocenters. The van der Waals surface area contributed by atoms with Gasteiger partial charge in [-0.3, -0.25) is 4.79 Å². The van der Waals surface area contributed by atoms with Gasteiger partial charge in [-0.1, -0.05) is 36.9 Å². The predicted molar refractivity (Wildman–Crippen MR) is 69.7 cm³/mol. The van der Waals surface area contributed by atoms with Gasteiger partial charge < -0.3 is 5.73 Å². The Morgan fingerprint density at radius 2 is 1.53 bits per heavy atom. The summed E-state index contributed by atoms with van der Waals surface area (Å²) in [5.74, 6) is -0.0361. The fourth-order valence-corrected chi connectivity index (χ4v) is 2.25. The van der Waals surface area contributed by atoms with E-state index in [-0.39, 0.29) is 5.78 Å². The van der Waals surface area contributed by atoms with E-state index in [1.54, 1.807) is 6.07 Å². The molecule has 0 heterocycles. The first kappa shape index (κ1) is 9.85. The molecule has 0 saturated carbocycles. The van der Waals surface area contributed by atoms with Crippen molar-refractivity contribution in [2.75, 3.05) is 5.73 Å². The van der Waals surface area contributed by atoms with Crippen LogP contribution in [0.1, 0.15) is 15.9 Å². The lowest BCUT2D eigenvalue weighted by Gasteiger charge is -2.20. The first-order valence-electron chi connectivity index (χ1n) is 5.41. The van der Waals surface area contributed by atoms with E-state index < -0.39 is 0 Å². The van der Waals surface area contributed by atoms with Gasteiger partial charge in [0.25, 0.3) is 0 Å². The number of carbonyl (C=O) groups excluding carboxylic acids is 1. The monoisotopic (exact) mass is 221 g/mol. The minimum absolute atomic E-state index is 0.0361. The van der Waals surface area contributed by atoms with Crippen molar-refractivity contribution in [3.8, 4) is 11.1 Å². The Labute approximate surface area is 99.4 Å². The van der Waals surface area contributed by atoms with Gasteiger partial charge in [0.15, 0.2) is 5.78 Å². The first-order valence-corrected chi connectivity index (χ1v) is 5.41. The average Bonchev–Trinajstić information content (AvgIpc) is 2.36. The number of ketones is 1. The number of rotatable bonds is 0. The van der Waals surface area contributed by atoms with E-state index >= 15 is 0 Å². The molecule has 1 aliphatic carbocycles. The van der Waals surface area contributed by atoms with Crippen molar-refractivity contribution in [2.45, 2.75) is 0 Å². The van der Waals surface area contributed by atoms with Gasteiger partial charge in [0.2, 0.25) is 0 Å². The summed E-state index contributed by atoms with van der Waals surface area (Å²) in [4.78, 5) is 12.2. The van der Waals surface area contributed by atoms with E-state index in [0.29, 0.717) is 16.8 Å². The van der Waals surface area contributed by atoms with Gasteiger partial charge >= 0.3 is 0 Å². The lowest BCUT2D eigenvalue weighted by Crippen LogP contribution is -2.11. The third-order valence-electron chi connectivity index (χ3n) is 3.10. The fourth-order valence-electron chi connectivity index (χ4n) is 2.25. The normalized spacial score (nSPS) is 13.2. The number of nitrogen functional groups attached to an aromatic ring is 1. The van der Waals surface area contributed by atoms with Crippen LogP contribution in [-0.4, -0.2) is 5.78 Å². The van der Waals surface area contributed by atoms with Crippen LogP contribution in [0, 0.1) is 0 Å². The van der Waals surface area contributed by atoms with E-state index in [2.05, 4.69) is 6.58 Å². The molecule has 0 aromatic heterocycles. The summed E-state index contributed by atoms with van der Waals surface area (Å²) < 4.78 is 0. The number of anilines is 1. The standard InChI is InChI=1S/C15H11NO/c1-9-11-4-2-3-5-12(11)13-7-6-10(16)8-14(13)15(9)17/h2-8H,1,16H2. The fraction of sp³-hybridized carbons (Fsp3) is 0. The molecule has 0 spiro atoms. The van der Waals surface area contributed by atoms with Crippen molar-refractivity contribution in [1.29, 1.82) is 0 Å². The Hall–Kier alpha value is -2.35. The second kappa shape index (κ2) is 3.32. The number of nitrogens with two attached hydrogens (primary N) is 1. The lowest BCUT2D eigenvalue weighted by atomic mass is 9.82. The van der Waals surface area contributed by atoms with Gasteiger partial charge in [-0.05, 0) is 28.8 Å². The van der Waals surface area contributed by atoms with E-state index in [1.807, 2.05) is 36.4 Å². The maximum atomic E-state index is 12.2. The molecule has 2 aromatic carbocycles. The van der Waals surface area contributed by atoms with Crippen molar-refractivity contribution in [3.63, 3.8) is 0 Å². The summed E-state index contributed by atoms with van der Waals surface area (Å²) in [7, 11) is 0. The molecular weight excluding hydrogens is 210 g/mol. The van der Waals surface area contributed by atoms with Crippen molar-refractivity contribution >= 4 is 17.0 Å². The van der Waals surface area contributed by atoms with Gasteiger partial charge in [0.05, 0.1) is 0 Å². The Balaban J connectivity index is 2.40. The Morgan fingerprint density at radius 1 is 0.882 bits per heavy atom. The zero-order valence-electron chi connectivity index (χ0n) is 9.23. The van der Waals surface area contributed by atoms with E-state index in [0.717, 1.165) is 16.7 Å². The average molecular weight is 221 g/mol. The largest absolute Gasteiger partial charge is 0.399 e. The van der Waals surface area contributed by atoms with Crippen molar-refractivity contribution in [2.24, 2.45) is 0 Å². The van der Waals surface area contributed by atoms with Crippen molar-refractivity contribution in [3.05, 3.63) is 60.2 Å². The zero-order chi connectivity index (χ0) is 12.0. The molecule has 0 bridgehead atoms. The van der Waals surface area contributed by atoms with E-state index in [4.69, 9.17) is 5.73 Å². The predicted octanol–water partition coefficient (Wildman–Crippen LogP) is 3.15. The van der Waals surface area contributed by atoms with Gasteiger partial charge in [-0.15, -0.1) is 0 Å². The Bertz CT molecular complexity index is 656. The van der Waals surface area contributed by atoms with Crippen molar-refractivity contribution in [1.82, 2.24) is 0 Å². The van der Waals surface area contributed by atoms with Gasteiger partial charge in [-0.2, -0.15) is 0 Å². The van der Waals surface area contributed by atoms with E-state index in [9.17, 15) is 4.79 Å². The number of Topliss-reactive ketones (excluding diaryl/α,β-unsaturated/α-hetero) is 1. The smallest absolute Gasteiger partial charge is 0.193 e. The first-order chi connectivity index (χ1) is 8.18. The highest BCUT2D eigenvalue weighted by atomic mass is 16.1. The second-order valence-electron chi connectivity index (χ2n) is 4.16. The van der Waals surface area contributed by atoms with Crippen LogP contribution in [0.5, 0.6) is 0 Å². The van der Waals surface area contributed by atoms with E-state index in [1.165, 1.54) is 0 Å². The zero-order valence-corrected chi connectivity index (χ0v) is 9.23. The molecule has 2 N–H and O–H groups in total. The minimum atomic E-state index is -0.0361. The Kier molecular flexibility index (Phi) is 1.92. The molecule has 0 aliphatic heterocycles. The highest BCUT2D eigenvalue weighted by Crippen LogP contribution is 2.38. The number of hydrogen-bond donors (Lipinski definition) is 1. The number of benzene rings is 2. The van der Waals surface area contributed by atoms with Crippen LogP contribution in [0.4, 0.5) is 5.69 Å². The second-order valence-corrected chi connectivity index (χ2v) is 4.16. The molecule has 2 heteroatoms. The summed E-state index contributed by atoms with van der Waals surface area (Å²) in [6.45, 7) is 3.87. The van der Waals surface area contributed by atoms with Gasteiger partial charge in [0, 0.05) is 16.8 Å². The number of fused-ring (bicyclic) bond motifs is 3. The van der Waals surface area contributed by atoms with Crippen LogP contribution in [0.3, 0.4) is 0 Å². The number of carbonyl (C=O) groups is 1. The molecule has 3 rings (SSSR count). The molecule has 2 nitrogen and oxygen atoms in total. The summed E-state index contributed by atoms with van der Waals surface area (Å²) in [6, 6.07) is 13.2. The van der Waals surface area contributed by atoms with Crippen LogP contribution in [0.15, 0.2) is 49.0 Å². The maximum Gasteiger partial charge on any atom is 0.193 e. The quantitative estimate of drug-likeness (QED) is 0.548. The molecule has 0 amide bonds. The summed E-state index contributed by atoms with van der Waals surface area (Å²) >= 11 is 0. The van der Waals surface area contributed by atoms with Crippen LogP contribution in [-0.2, 0) is 0 Å². The highest BCUT2D eigenvalue weighted by molar-refractivity contribution is 6.34. The molecule has 17 heavy (non-hydrogen) atoms. The summed E-state index contributed by atoms with van der Waals surface area (Å²) in [6.07, 6.45) is 0. The molecule has 0 fully saturated rings. The summed E-state index contributed by atoms with van der Waals surface area (Å²) in [5, 5.41) is 0. The molecule has 0 radical (unpaired) electrons. The SMILES string of the molecule is C=C1C(=O)c2cc(N)ccc2-c2ccccc21. The third kappa shape index (κ3) is 1.31. The molecule has 1 aliphatic rings.